The molecule has 0 saturated heterocycles. The molecule has 0 atom stereocenters. The molecular weight excluding hydrogens is 284 g/mol. The Hall–Kier alpha value is -1.95. The maximum atomic E-state index is 12.6. The normalized spacial score (nSPS) is 10.7. The van der Waals surface area contributed by atoms with Crippen LogP contribution >= 0.6 is 11.3 Å². The van der Waals surface area contributed by atoms with E-state index < -0.39 is 0 Å². The van der Waals surface area contributed by atoms with Crippen LogP contribution in [0.3, 0.4) is 0 Å². The minimum atomic E-state index is -0.0736. The molecular formula is C15H20N4OS. The number of hydrogen-bond acceptors (Lipinski definition) is 5. The molecule has 6 heteroatoms. The van der Waals surface area contributed by atoms with Gasteiger partial charge in [0, 0.05) is 19.1 Å². The minimum absolute atomic E-state index is 0.0736. The number of carbonyl (C=O) groups excluding carboxylic acids is 1. The molecule has 2 rings (SSSR count). The highest BCUT2D eigenvalue weighted by Crippen LogP contribution is 2.19. The summed E-state index contributed by atoms with van der Waals surface area (Å²) in [6, 6.07) is 10.1. The molecule has 1 heterocycles. The number of carbonyl (C=O) groups is 1. The van der Waals surface area contributed by atoms with Crippen molar-refractivity contribution in [3.8, 4) is 0 Å². The first-order valence-electron chi connectivity index (χ1n) is 7.04. The number of anilines is 1. The fourth-order valence-corrected chi connectivity index (χ4v) is 2.69. The summed E-state index contributed by atoms with van der Waals surface area (Å²) in [5.74, 6) is -0.0736. The molecule has 2 aromatic rings. The highest BCUT2D eigenvalue weighted by molar-refractivity contribution is 7.17. The zero-order valence-electron chi connectivity index (χ0n) is 12.5. The minimum Gasteiger partial charge on any atom is -0.360 e. The van der Waals surface area contributed by atoms with Crippen molar-refractivity contribution in [1.29, 1.82) is 0 Å². The monoisotopic (exact) mass is 304 g/mol. The largest absolute Gasteiger partial charge is 0.360 e. The van der Waals surface area contributed by atoms with Gasteiger partial charge in [0.1, 0.15) is 0 Å². The molecule has 0 aliphatic heterocycles. The van der Waals surface area contributed by atoms with E-state index >= 15 is 0 Å². The lowest BCUT2D eigenvalue weighted by atomic mass is 10.2. The Balaban J connectivity index is 2.15. The van der Waals surface area contributed by atoms with Crippen molar-refractivity contribution in [2.24, 2.45) is 0 Å². The predicted octanol–water partition coefficient (Wildman–Crippen LogP) is 3.02. The zero-order valence-corrected chi connectivity index (χ0v) is 13.4. The fourth-order valence-electron chi connectivity index (χ4n) is 1.92. The lowest BCUT2D eigenvalue weighted by molar-refractivity contribution is 0.0689. The Bertz CT molecular complexity index is 582. The molecule has 1 amide bonds. The molecule has 21 heavy (non-hydrogen) atoms. The summed E-state index contributed by atoms with van der Waals surface area (Å²) in [7, 11) is 0. The summed E-state index contributed by atoms with van der Waals surface area (Å²) >= 11 is 1.30. The summed E-state index contributed by atoms with van der Waals surface area (Å²) in [6.07, 6.45) is 0. The van der Waals surface area contributed by atoms with Crippen LogP contribution in [0.4, 0.5) is 5.13 Å². The molecule has 0 fully saturated rings. The Labute approximate surface area is 129 Å². The summed E-state index contributed by atoms with van der Waals surface area (Å²) < 4.78 is 0. The summed E-state index contributed by atoms with van der Waals surface area (Å²) in [5, 5.41) is 12.2. The molecule has 0 aliphatic carbocycles. The summed E-state index contributed by atoms with van der Waals surface area (Å²) in [5.41, 5.74) is 1.11. The molecule has 0 radical (unpaired) electrons. The van der Waals surface area contributed by atoms with Crippen LogP contribution in [-0.4, -0.2) is 33.6 Å². The maximum absolute atomic E-state index is 12.6. The van der Waals surface area contributed by atoms with Crippen molar-refractivity contribution in [3.05, 3.63) is 40.9 Å². The topological polar surface area (TPSA) is 58.1 Å². The fraction of sp³-hybridized carbons (Fsp3) is 0.400. The van der Waals surface area contributed by atoms with Gasteiger partial charge in [-0.25, -0.2) is 0 Å². The molecule has 0 saturated carbocycles. The highest BCUT2D eigenvalue weighted by atomic mass is 32.1. The van der Waals surface area contributed by atoms with Crippen LogP contribution in [-0.2, 0) is 6.54 Å². The van der Waals surface area contributed by atoms with Crippen molar-refractivity contribution in [2.45, 2.75) is 33.4 Å². The van der Waals surface area contributed by atoms with Crippen molar-refractivity contribution < 1.29 is 4.79 Å². The lowest BCUT2D eigenvalue weighted by Crippen LogP contribution is -2.36. The van der Waals surface area contributed by atoms with E-state index in [0.29, 0.717) is 16.7 Å². The molecule has 112 valence electrons. The van der Waals surface area contributed by atoms with Crippen LogP contribution in [0, 0.1) is 0 Å². The number of rotatable bonds is 6. The van der Waals surface area contributed by atoms with Crippen LogP contribution < -0.4 is 5.32 Å². The van der Waals surface area contributed by atoms with E-state index in [0.717, 1.165) is 12.1 Å². The second-order valence-electron chi connectivity index (χ2n) is 4.96. The Morgan fingerprint density at radius 3 is 2.62 bits per heavy atom. The number of amides is 1. The zero-order chi connectivity index (χ0) is 15.2. The number of aromatic nitrogens is 2. The van der Waals surface area contributed by atoms with Crippen LogP contribution in [0.1, 0.15) is 36.1 Å². The molecule has 1 aromatic carbocycles. The first-order chi connectivity index (χ1) is 10.1. The van der Waals surface area contributed by atoms with Gasteiger partial charge in [0.25, 0.3) is 5.91 Å². The van der Waals surface area contributed by atoms with Crippen LogP contribution in [0.2, 0.25) is 0 Å². The number of nitrogens with zero attached hydrogens (tertiary/aromatic N) is 3. The smallest absolute Gasteiger partial charge is 0.285 e. The molecule has 0 bridgehead atoms. The van der Waals surface area contributed by atoms with Crippen molar-refractivity contribution in [3.63, 3.8) is 0 Å². The first-order valence-corrected chi connectivity index (χ1v) is 7.85. The number of hydrogen-bond donors (Lipinski definition) is 1. The Morgan fingerprint density at radius 1 is 1.29 bits per heavy atom. The predicted molar refractivity (Wildman–Crippen MR) is 85.5 cm³/mol. The molecule has 1 aromatic heterocycles. The highest BCUT2D eigenvalue weighted by Gasteiger charge is 2.22. The van der Waals surface area contributed by atoms with Crippen molar-refractivity contribution >= 4 is 22.4 Å². The van der Waals surface area contributed by atoms with Gasteiger partial charge in [0.2, 0.25) is 10.1 Å². The van der Waals surface area contributed by atoms with Crippen molar-refractivity contribution in [1.82, 2.24) is 15.1 Å². The van der Waals surface area contributed by atoms with E-state index in [1.807, 2.05) is 56.0 Å². The second kappa shape index (κ2) is 7.17. The van der Waals surface area contributed by atoms with E-state index in [9.17, 15) is 4.79 Å². The Morgan fingerprint density at radius 2 is 2.00 bits per heavy atom. The van der Waals surface area contributed by atoms with Gasteiger partial charge in [-0.1, -0.05) is 41.7 Å². The number of nitrogens with one attached hydrogen (secondary N) is 1. The van der Waals surface area contributed by atoms with Gasteiger partial charge >= 0.3 is 0 Å². The molecule has 0 spiro atoms. The van der Waals surface area contributed by atoms with E-state index in [1.54, 1.807) is 0 Å². The van der Waals surface area contributed by atoms with Gasteiger partial charge in [-0.05, 0) is 26.3 Å². The summed E-state index contributed by atoms with van der Waals surface area (Å²) in [6.45, 7) is 7.34. The average Bonchev–Trinajstić information content (AvgIpc) is 2.94. The lowest BCUT2D eigenvalue weighted by Gasteiger charge is -2.25. The van der Waals surface area contributed by atoms with Gasteiger partial charge in [-0.15, -0.1) is 10.2 Å². The van der Waals surface area contributed by atoms with Gasteiger partial charge in [0.05, 0.1) is 0 Å². The third kappa shape index (κ3) is 4.01. The van der Waals surface area contributed by atoms with E-state index in [1.165, 1.54) is 11.3 Å². The van der Waals surface area contributed by atoms with Gasteiger partial charge in [0.15, 0.2) is 0 Å². The van der Waals surface area contributed by atoms with Gasteiger partial charge in [-0.2, -0.15) is 0 Å². The number of benzene rings is 1. The average molecular weight is 304 g/mol. The van der Waals surface area contributed by atoms with E-state index in [-0.39, 0.29) is 11.9 Å². The summed E-state index contributed by atoms with van der Waals surface area (Å²) in [4.78, 5) is 14.4. The maximum Gasteiger partial charge on any atom is 0.285 e. The van der Waals surface area contributed by atoms with Crippen LogP contribution in [0.5, 0.6) is 0 Å². The van der Waals surface area contributed by atoms with Crippen LogP contribution in [0.15, 0.2) is 30.3 Å². The third-order valence-corrected chi connectivity index (χ3v) is 3.88. The van der Waals surface area contributed by atoms with Gasteiger partial charge in [-0.3, -0.25) is 4.79 Å². The van der Waals surface area contributed by atoms with E-state index in [4.69, 9.17) is 0 Å². The standard InChI is InChI=1S/C15H20N4OS/c1-4-16-15-18-17-13(21-15)14(20)19(11(2)3)10-12-8-6-5-7-9-12/h5-9,11H,4,10H2,1-3H3,(H,16,18). The molecule has 0 aliphatic rings. The third-order valence-electron chi connectivity index (χ3n) is 3.02. The first kappa shape index (κ1) is 15.4. The molecule has 1 N–H and O–H groups in total. The van der Waals surface area contributed by atoms with E-state index in [2.05, 4.69) is 15.5 Å². The van der Waals surface area contributed by atoms with Gasteiger partial charge < -0.3 is 10.2 Å². The SMILES string of the molecule is CCNc1nnc(C(=O)N(Cc2ccccc2)C(C)C)s1. The Kier molecular flexibility index (Phi) is 5.27. The van der Waals surface area contributed by atoms with Crippen molar-refractivity contribution in [2.75, 3.05) is 11.9 Å². The van der Waals surface area contributed by atoms with Crippen LogP contribution in [0.25, 0.3) is 0 Å². The molecule has 5 nitrogen and oxygen atoms in total. The second-order valence-corrected chi connectivity index (χ2v) is 5.93. The molecule has 0 unspecified atom stereocenters. The quantitative estimate of drug-likeness (QED) is 0.891.